The quantitative estimate of drug-likeness (QED) is 0.170. The maximum absolute atomic E-state index is 13.5. The van der Waals surface area contributed by atoms with E-state index in [0.717, 1.165) is 75.4 Å². The highest BCUT2D eigenvalue weighted by molar-refractivity contribution is 7.92. The van der Waals surface area contributed by atoms with Gasteiger partial charge in [-0.25, -0.2) is 17.9 Å². The molecule has 1 aliphatic heterocycles. The van der Waals surface area contributed by atoms with E-state index in [1.54, 1.807) is 0 Å². The number of nitrogens with one attached hydrogen (secondary N) is 1. The van der Waals surface area contributed by atoms with Crippen molar-refractivity contribution in [2.45, 2.75) is 150 Å². The monoisotopic (exact) mass is 705 g/mol. The van der Waals surface area contributed by atoms with E-state index < -0.39 is 43.7 Å². The van der Waals surface area contributed by atoms with Gasteiger partial charge in [0.1, 0.15) is 17.4 Å². The summed E-state index contributed by atoms with van der Waals surface area (Å²) in [5.41, 5.74) is -0.471. The van der Waals surface area contributed by atoms with Crippen molar-refractivity contribution in [2.24, 2.45) is 0 Å². The summed E-state index contributed by atoms with van der Waals surface area (Å²) in [5.74, 6) is -0.323. The van der Waals surface area contributed by atoms with Crippen LogP contribution >= 0.6 is 0 Å². The van der Waals surface area contributed by atoms with Crippen LogP contribution in [0.1, 0.15) is 133 Å². The molecule has 0 spiro atoms. The fourth-order valence-electron chi connectivity index (χ4n) is 6.77. The lowest BCUT2D eigenvalue weighted by molar-refractivity contribution is -0.140. The number of carboxylic acid groups (broad SMARTS) is 1. The summed E-state index contributed by atoms with van der Waals surface area (Å²) in [4.78, 5) is 12.8. The number of hydrogen-bond acceptors (Lipinski definition) is 7. The number of nitrogens with zero attached hydrogens (tertiary/aromatic N) is 4. The van der Waals surface area contributed by atoms with Crippen LogP contribution in [-0.4, -0.2) is 59.2 Å². The number of sulfone groups is 1. The number of aliphatic carboxylic acids is 1. The van der Waals surface area contributed by atoms with Gasteiger partial charge >= 0.3 is 12.1 Å². The number of hydrogen-bond donors (Lipinski definition) is 2. The lowest BCUT2D eigenvalue weighted by Gasteiger charge is -2.31. The van der Waals surface area contributed by atoms with E-state index in [-0.39, 0.29) is 24.5 Å². The van der Waals surface area contributed by atoms with Gasteiger partial charge < -0.3 is 10.0 Å². The van der Waals surface area contributed by atoms with Gasteiger partial charge in [-0.3, -0.25) is 5.32 Å². The highest BCUT2D eigenvalue weighted by Crippen LogP contribution is 2.45. The molecule has 3 saturated carbocycles. The van der Waals surface area contributed by atoms with Crippen LogP contribution in [0.15, 0.2) is 35.2 Å². The molecule has 1 aromatic heterocycles. The van der Waals surface area contributed by atoms with Crippen molar-refractivity contribution in [1.29, 1.82) is 5.26 Å². The summed E-state index contributed by atoms with van der Waals surface area (Å²) in [6, 6.07) is 7.24. The van der Waals surface area contributed by atoms with E-state index in [1.807, 2.05) is 10.7 Å². The van der Waals surface area contributed by atoms with E-state index in [9.17, 15) is 31.5 Å². The van der Waals surface area contributed by atoms with Crippen LogP contribution in [0.2, 0.25) is 0 Å². The zero-order chi connectivity index (χ0) is 35.2. The Morgan fingerprint density at radius 1 is 1.06 bits per heavy atom. The molecule has 0 unspecified atom stereocenters. The van der Waals surface area contributed by atoms with Crippen molar-refractivity contribution < 1.29 is 31.5 Å². The Kier molecular flexibility index (Phi) is 12.0. The van der Waals surface area contributed by atoms with E-state index in [2.05, 4.69) is 18.3 Å². The summed E-state index contributed by atoms with van der Waals surface area (Å²) < 4.78 is 68.9. The third-order valence-corrected chi connectivity index (χ3v) is 12.6. The van der Waals surface area contributed by atoms with Gasteiger partial charge in [0, 0.05) is 18.5 Å². The molecule has 0 bridgehead atoms. The number of unbranched alkanes of at least 4 members (excludes halogenated alkanes) is 7. The Bertz CT molecular complexity index is 1580. The van der Waals surface area contributed by atoms with Crippen molar-refractivity contribution in [1.82, 2.24) is 15.1 Å². The van der Waals surface area contributed by atoms with E-state index in [0.29, 0.717) is 11.7 Å². The Hall–Kier alpha value is -3.11. The molecule has 1 saturated heterocycles. The molecule has 0 amide bonds. The summed E-state index contributed by atoms with van der Waals surface area (Å²) in [6.45, 7) is 3.09. The van der Waals surface area contributed by atoms with Crippen molar-refractivity contribution >= 4 is 21.6 Å². The SMILES string of the molecule is CCCCCCCCCCNC1(C#N)CC1.O=C(O)[C@@H]1C[C@@H](S(=O)(=O)c2ccccc2C(F)(F)F)CN1c1cc(C2CC2)nn1C1CCC1. The van der Waals surface area contributed by atoms with Gasteiger partial charge in [-0.1, -0.05) is 64.0 Å². The van der Waals surface area contributed by atoms with Gasteiger partial charge in [0.15, 0.2) is 9.84 Å². The van der Waals surface area contributed by atoms with Crippen LogP contribution in [-0.2, 0) is 20.8 Å². The smallest absolute Gasteiger partial charge is 0.417 e. The molecule has 9 nitrogen and oxygen atoms in total. The van der Waals surface area contributed by atoms with Crippen LogP contribution < -0.4 is 10.2 Å². The Balaban J connectivity index is 0.000000247. The predicted octanol–water partition coefficient (Wildman–Crippen LogP) is 7.78. The number of benzene rings is 1. The minimum absolute atomic E-state index is 0.110. The van der Waals surface area contributed by atoms with Crippen LogP contribution in [0.3, 0.4) is 0 Å². The number of aromatic nitrogens is 2. The average molecular weight is 706 g/mol. The number of halogens is 3. The summed E-state index contributed by atoms with van der Waals surface area (Å²) >= 11 is 0. The molecule has 4 fully saturated rings. The Morgan fingerprint density at radius 3 is 2.27 bits per heavy atom. The number of nitriles is 1. The first kappa shape index (κ1) is 37.2. The number of carbonyl (C=O) groups is 1. The molecule has 0 radical (unpaired) electrons. The first-order valence-electron chi connectivity index (χ1n) is 18.1. The molecule has 1 aromatic carbocycles. The first-order valence-corrected chi connectivity index (χ1v) is 19.6. The normalized spacial score (nSPS) is 21.8. The van der Waals surface area contributed by atoms with Crippen molar-refractivity contribution in [3.8, 4) is 6.07 Å². The molecule has 2 atom stereocenters. The first-order chi connectivity index (χ1) is 23.4. The fourth-order valence-corrected chi connectivity index (χ4v) is 8.68. The third-order valence-electron chi connectivity index (χ3n) is 10.4. The molecule has 4 aliphatic rings. The molecule has 270 valence electrons. The number of alkyl halides is 3. The van der Waals surface area contributed by atoms with Crippen molar-refractivity contribution in [3.05, 3.63) is 41.6 Å². The van der Waals surface area contributed by atoms with E-state index in [4.69, 9.17) is 10.4 Å². The molecule has 2 aromatic rings. The summed E-state index contributed by atoms with van der Waals surface area (Å²) in [6.07, 6.45) is 12.7. The predicted molar refractivity (Wildman–Crippen MR) is 181 cm³/mol. The maximum atomic E-state index is 13.5. The zero-order valence-corrected chi connectivity index (χ0v) is 29.2. The minimum Gasteiger partial charge on any atom is -0.480 e. The highest BCUT2D eigenvalue weighted by atomic mass is 32.2. The second-order valence-corrected chi connectivity index (χ2v) is 16.4. The van der Waals surface area contributed by atoms with Gasteiger partial charge in [-0.05, 0) is 76.5 Å². The molecular formula is C36H50F3N5O4S. The Morgan fingerprint density at radius 2 is 1.71 bits per heavy atom. The standard InChI is InChI=1S/C22H24F3N3O4S.C14H26N2/c23-22(24,25)16-6-1-2-7-19(16)33(31,32)15-10-18(21(29)30)27(12-15)20-11-17(13-8-9-13)26-28(20)14-4-3-5-14;1-2-3-4-5-6-7-8-9-12-16-14(13-15)10-11-14/h1-2,6-7,11,13-15,18H,3-5,8-10,12H2,(H,29,30);16H,2-12H2,1H3/t15-,18+;/m1./s1. The molecule has 6 rings (SSSR count). The second kappa shape index (κ2) is 15.8. The molecular weight excluding hydrogens is 655 g/mol. The number of anilines is 1. The molecule has 2 N–H and O–H groups in total. The van der Waals surface area contributed by atoms with E-state index >= 15 is 0 Å². The van der Waals surface area contributed by atoms with Gasteiger partial charge in [0.05, 0.1) is 33.5 Å². The largest absolute Gasteiger partial charge is 0.480 e. The second-order valence-electron chi connectivity index (χ2n) is 14.2. The summed E-state index contributed by atoms with van der Waals surface area (Å²) in [7, 11) is -4.44. The third kappa shape index (κ3) is 9.17. The van der Waals surface area contributed by atoms with Gasteiger partial charge in [0.2, 0.25) is 0 Å². The lowest BCUT2D eigenvalue weighted by atomic mass is 9.93. The maximum Gasteiger partial charge on any atom is 0.417 e. The highest BCUT2D eigenvalue weighted by Gasteiger charge is 2.48. The molecule has 3 aliphatic carbocycles. The number of carboxylic acids is 1. The van der Waals surface area contributed by atoms with Gasteiger partial charge in [-0.2, -0.15) is 23.5 Å². The summed E-state index contributed by atoms with van der Waals surface area (Å²) in [5, 5.41) is 25.5. The topological polar surface area (TPSA) is 128 Å². The number of rotatable bonds is 16. The zero-order valence-electron chi connectivity index (χ0n) is 28.4. The van der Waals surface area contributed by atoms with Gasteiger partial charge in [-0.15, -0.1) is 0 Å². The van der Waals surface area contributed by atoms with Crippen LogP contribution in [0.25, 0.3) is 0 Å². The van der Waals surface area contributed by atoms with Crippen molar-refractivity contribution in [2.75, 3.05) is 18.0 Å². The van der Waals surface area contributed by atoms with Crippen molar-refractivity contribution in [3.63, 3.8) is 0 Å². The van der Waals surface area contributed by atoms with Gasteiger partial charge in [0.25, 0.3) is 0 Å². The Labute approximate surface area is 288 Å². The van der Waals surface area contributed by atoms with Crippen LogP contribution in [0.4, 0.5) is 19.0 Å². The van der Waals surface area contributed by atoms with Crippen LogP contribution in [0.5, 0.6) is 0 Å². The molecule has 2 heterocycles. The lowest BCUT2D eigenvalue weighted by Crippen LogP contribution is -2.38. The van der Waals surface area contributed by atoms with E-state index in [1.165, 1.54) is 62.3 Å². The minimum atomic E-state index is -4.84. The molecule has 13 heteroatoms. The average Bonchev–Trinajstić information content (AvgIpc) is 3.96. The van der Waals surface area contributed by atoms with Crippen LogP contribution in [0, 0.1) is 11.3 Å². The molecule has 49 heavy (non-hydrogen) atoms. The fraction of sp³-hybridized carbons (Fsp3) is 0.694.